The summed E-state index contributed by atoms with van der Waals surface area (Å²) in [5, 5.41) is 19.8. The van der Waals surface area contributed by atoms with E-state index in [1.54, 1.807) is 12.1 Å². The largest absolute Gasteiger partial charge is 0.389 e. The van der Waals surface area contributed by atoms with E-state index in [9.17, 15) is 10.2 Å². The molecule has 0 fully saturated rings. The minimum Gasteiger partial charge on any atom is -0.389 e. The fourth-order valence-corrected chi connectivity index (χ4v) is 2.46. The number of anilines is 1. The Morgan fingerprint density at radius 2 is 2.19 bits per heavy atom. The lowest BCUT2D eigenvalue weighted by Gasteiger charge is -2.15. The van der Waals surface area contributed by atoms with Gasteiger partial charge in [-0.15, -0.1) is 11.6 Å². The van der Waals surface area contributed by atoms with Crippen molar-refractivity contribution < 1.29 is 10.2 Å². The number of halogens is 1. The molecule has 2 rings (SSSR count). The lowest BCUT2D eigenvalue weighted by Crippen LogP contribution is -2.19. The molecule has 16 heavy (non-hydrogen) atoms. The maximum absolute atomic E-state index is 9.89. The fraction of sp³-hybridized carbons (Fsp3) is 0.300. The number of thiazole rings is 1. The molecule has 1 aromatic carbocycles. The first kappa shape index (κ1) is 11.6. The van der Waals surface area contributed by atoms with E-state index in [2.05, 4.69) is 4.98 Å². The van der Waals surface area contributed by atoms with E-state index in [1.165, 1.54) is 11.3 Å². The van der Waals surface area contributed by atoms with E-state index < -0.39 is 12.2 Å². The van der Waals surface area contributed by atoms with Crippen LogP contribution in [0.2, 0.25) is 0 Å². The molecule has 4 nitrogen and oxygen atoms in total. The number of rotatable bonds is 3. The Hall–Kier alpha value is -0.880. The maximum atomic E-state index is 9.89. The maximum Gasteiger partial charge on any atom is 0.181 e. The fourth-order valence-electron chi connectivity index (χ4n) is 1.52. The number of nitrogen functional groups attached to an aromatic ring is 1. The molecule has 1 heterocycles. The number of benzene rings is 1. The second kappa shape index (κ2) is 4.55. The van der Waals surface area contributed by atoms with Crippen molar-refractivity contribution in [1.29, 1.82) is 0 Å². The molecule has 1 aromatic heterocycles. The van der Waals surface area contributed by atoms with E-state index in [0.29, 0.717) is 16.2 Å². The third-order valence-electron chi connectivity index (χ3n) is 2.31. The van der Waals surface area contributed by atoms with Crippen LogP contribution in [0.1, 0.15) is 11.7 Å². The number of nitrogens with two attached hydrogens (primary N) is 1. The number of fused-ring (bicyclic) bond motifs is 1. The van der Waals surface area contributed by atoms with Gasteiger partial charge in [0.1, 0.15) is 6.10 Å². The first-order valence-electron chi connectivity index (χ1n) is 4.70. The standard InChI is InChI=1S/C10H11ClN2O2S/c11-4-6(14)9(15)5-2-1-3-7-8(5)13-10(12)16-7/h1-3,6,9,14-15H,4H2,(H2,12,13). The van der Waals surface area contributed by atoms with Crippen LogP contribution in [0.5, 0.6) is 0 Å². The van der Waals surface area contributed by atoms with Crippen LogP contribution < -0.4 is 5.73 Å². The predicted octanol–water partition coefficient (Wildman–Crippen LogP) is 1.51. The Labute approximate surface area is 101 Å². The summed E-state index contributed by atoms with van der Waals surface area (Å²) < 4.78 is 0.885. The molecule has 2 unspecified atom stereocenters. The molecular weight excluding hydrogens is 248 g/mol. The summed E-state index contributed by atoms with van der Waals surface area (Å²) >= 11 is 6.84. The van der Waals surface area contributed by atoms with Gasteiger partial charge in [-0.25, -0.2) is 4.98 Å². The van der Waals surface area contributed by atoms with Crippen molar-refractivity contribution in [2.75, 3.05) is 11.6 Å². The smallest absolute Gasteiger partial charge is 0.181 e. The summed E-state index contributed by atoms with van der Waals surface area (Å²) in [6, 6.07) is 5.37. The molecule has 4 N–H and O–H groups in total. The van der Waals surface area contributed by atoms with E-state index in [1.807, 2.05) is 6.07 Å². The average Bonchev–Trinajstić information content (AvgIpc) is 2.66. The average molecular weight is 259 g/mol. The van der Waals surface area contributed by atoms with Gasteiger partial charge in [-0.1, -0.05) is 23.5 Å². The van der Waals surface area contributed by atoms with Crippen molar-refractivity contribution in [3.8, 4) is 0 Å². The highest BCUT2D eigenvalue weighted by atomic mass is 35.5. The summed E-state index contributed by atoms with van der Waals surface area (Å²) in [4.78, 5) is 4.13. The number of alkyl halides is 1. The van der Waals surface area contributed by atoms with Crippen LogP contribution in [-0.4, -0.2) is 27.2 Å². The number of hydrogen-bond acceptors (Lipinski definition) is 5. The van der Waals surface area contributed by atoms with Gasteiger partial charge in [-0.3, -0.25) is 0 Å². The van der Waals surface area contributed by atoms with E-state index in [-0.39, 0.29) is 5.88 Å². The van der Waals surface area contributed by atoms with Crippen LogP contribution in [0.25, 0.3) is 10.2 Å². The van der Waals surface area contributed by atoms with Gasteiger partial charge in [0.25, 0.3) is 0 Å². The molecular formula is C10H11ClN2O2S. The second-order valence-electron chi connectivity index (χ2n) is 3.41. The van der Waals surface area contributed by atoms with Crippen LogP contribution in [0.15, 0.2) is 18.2 Å². The van der Waals surface area contributed by atoms with Gasteiger partial charge in [0.05, 0.1) is 22.2 Å². The van der Waals surface area contributed by atoms with Crippen LogP contribution >= 0.6 is 22.9 Å². The number of hydrogen-bond donors (Lipinski definition) is 3. The van der Waals surface area contributed by atoms with Gasteiger partial charge >= 0.3 is 0 Å². The molecule has 2 aromatic rings. The summed E-state index contributed by atoms with van der Waals surface area (Å²) in [5.41, 5.74) is 6.79. The highest BCUT2D eigenvalue weighted by Gasteiger charge is 2.20. The molecule has 6 heteroatoms. The Morgan fingerprint density at radius 1 is 1.44 bits per heavy atom. The lowest BCUT2D eigenvalue weighted by atomic mass is 10.0. The van der Waals surface area contributed by atoms with Crippen LogP contribution in [0.4, 0.5) is 5.13 Å². The van der Waals surface area contributed by atoms with Crippen LogP contribution in [0, 0.1) is 0 Å². The summed E-state index contributed by atoms with van der Waals surface area (Å²) in [6.45, 7) is 0. The number of aliphatic hydroxyl groups excluding tert-OH is 2. The molecule has 0 aliphatic heterocycles. The summed E-state index contributed by atoms with van der Waals surface area (Å²) in [6.07, 6.45) is -2.04. The highest BCUT2D eigenvalue weighted by molar-refractivity contribution is 7.22. The molecule has 0 bridgehead atoms. The van der Waals surface area contributed by atoms with E-state index in [4.69, 9.17) is 17.3 Å². The Morgan fingerprint density at radius 3 is 2.88 bits per heavy atom. The minimum atomic E-state index is -1.04. The van der Waals surface area contributed by atoms with Gasteiger partial charge in [-0.05, 0) is 6.07 Å². The van der Waals surface area contributed by atoms with Crippen LogP contribution in [0.3, 0.4) is 0 Å². The molecule has 0 radical (unpaired) electrons. The topological polar surface area (TPSA) is 79.4 Å². The summed E-state index contributed by atoms with van der Waals surface area (Å²) in [7, 11) is 0. The van der Waals surface area contributed by atoms with Crippen molar-refractivity contribution in [3.05, 3.63) is 23.8 Å². The Bertz CT molecular complexity index is 503. The Balaban J connectivity index is 2.51. The number of aromatic nitrogens is 1. The zero-order chi connectivity index (χ0) is 11.7. The van der Waals surface area contributed by atoms with Gasteiger partial charge < -0.3 is 15.9 Å². The van der Waals surface area contributed by atoms with Gasteiger partial charge in [0.15, 0.2) is 5.13 Å². The highest BCUT2D eigenvalue weighted by Crippen LogP contribution is 2.30. The summed E-state index contributed by atoms with van der Waals surface area (Å²) in [5.74, 6) is -0.0306. The van der Waals surface area contributed by atoms with Crippen molar-refractivity contribution in [2.24, 2.45) is 0 Å². The molecule has 0 saturated heterocycles. The van der Waals surface area contributed by atoms with Crippen molar-refractivity contribution in [1.82, 2.24) is 4.98 Å². The normalized spacial score (nSPS) is 15.2. The van der Waals surface area contributed by atoms with Crippen molar-refractivity contribution in [3.63, 3.8) is 0 Å². The SMILES string of the molecule is Nc1nc2c(C(O)C(O)CCl)cccc2s1. The van der Waals surface area contributed by atoms with Crippen LogP contribution in [-0.2, 0) is 0 Å². The molecule has 2 atom stereocenters. The number of nitrogens with zero attached hydrogens (tertiary/aromatic N) is 1. The first-order chi connectivity index (χ1) is 7.63. The van der Waals surface area contributed by atoms with Crippen molar-refractivity contribution in [2.45, 2.75) is 12.2 Å². The zero-order valence-electron chi connectivity index (χ0n) is 8.30. The van der Waals surface area contributed by atoms with E-state index >= 15 is 0 Å². The van der Waals surface area contributed by atoms with Crippen molar-refractivity contribution >= 4 is 38.3 Å². The third-order valence-corrected chi connectivity index (χ3v) is 3.47. The third kappa shape index (κ3) is 1.99. The Kier molecular flexibility index (Phi) is 3.30. The number of para-hydroxylation sites is 1. The number of aliphatic hydroxyl groups is 2. The first-order valence-corrected chi connectivity index (χ1v) is 6.05. The molecule has 0 aliphatic carbocycles. The zero-order valence-corrected chi connectivity index (χ0v) is 9.87. The molecule has 0 saturated carbocycles. The minimum absolute atomic E-state index is 0.0306. The molecule has 0 aliphatic rings. The molecule has 0 amide bonds. The lowest BCUT2D eigenvalue weighted by molar-refractivity contribution is 0.0335. The molecule has 0 spiro atoms. The van der Waals surface area contributed by atoms with Gasteiger partial charge in [-0.2, -0.15) is 0 Å². The van der Waals surface area contributed by atoms with Gasteiger partial charge in [0.2, 0.25) is 0 Å². The van der Waals surface area contributed by atoms with E-state index in [0.717, 1.165) is 4.70 Å². The monoisotopic (exact) mass is 258 g/mol. The quantitative estimate of drug-likeness (QED) is 0.729. The van der Waals surface area contributed by atoms with Gasteiger partial charge in [0, 0.05) is 5.56 Å². The predicted molar refractivity (Wildman–Crippen MR) is 65.7 cm³/mol. The second-order valence-corrected chi connectivity index (χ2v) is 4.78. The molecule has 86 valence electrons.